The minimum absolute atomic E-state index is 0.310. The molecule has 0 bridgehead atoms. The quantitative estimate of drug-likeness (QED) is 0.817. The first-order valence-corrected chi connectivity index (χ1v) is 6.34. The van der Waals surface area contributed by atoms with Gasteiger partial charge in [-0.3, -0.25) is 0 Å². The number of rotatable bonds is 2. The van der Waals surface area contributed by atoms with Crippen LogP contribution in [0.2, 0.25) is 10.0 Å². The molecule has 1 aliphatic heterocycles. The van der Waals surface area contributed by atoms with Crippen LogP contribution in [0, 0.1) is 16.7 Å². The van der Waals surface area contributed by atoms with Gasteiger partial charge in [-0.05, 0) is 37.0 Å². The smallest absolute Gasteiger partial charge is 0.0695 e. The molecule has 0 saturated carbocycles. The van der Waals surface area contributed by atoms with Crippen molar-refractivity contribution < 1.29 is 4.74 Å². The maximum atomic E-state index is 9.36. The van der Waals surface area contributed by atoms with E-state index in [1.807, 2.05) is 12.1 Å². The van der Waals surface area contributed by atoms with Crippen LogP contribution in [0.3, 0.4) is 0 Å². The molecule has 1 saturated heterocycles. The molecule has 0 atom stereocenters. The average Bonchev–Trinajstić information content (AvgIpc) is 2.35. The van der Waals surface area contributed by atoms with Crippen LogP contribution >= 0.6 is 23.2 Å². The van der Waals surface area contributed by atoms with Gasteiger partial charge in [-0.25, -0.2) is 0 Å². The Bertz CT molecular complexity index is 447. The second-order valence-corrected chi connectivity index (χ2v) is 5.24. The van der Waals surface area contributed by atoms with E-state index < -0.39 is 0 Å². The van der Waals surface area contributed by atoms with Crippen LogP contribution in [0.1, 0.15) is 18.4 Å². The number of halogens is 2. The van der Waals surface area contributed by atoms with Crippen LogP contribution in [0.5, 0.6) is 0 Å². The van der Waals surface area contributed by atoms with E-state index in [1.54, 1.807) is 6.07 Å². The van der Waals surface area contributed by atoms with E-state index in [1.165, 1.54) is 0 Å². The Hall–Kier alpha value is -0.750. The van der Waals surface area contributed by atoms with Gasteiger partial charge < -0.3 is 4.74 Å². The van der Waals surface area contributed by atoms with Gasteiger partial charge in [0.2, 0.25) is 0 Å². The number of nitrogens with zero attached hydrogens (tertiary/aromatic N) is 1. The Morgan fingerprint density at radius 1 is 1.24 bits per heavy atom. The van der Waals surface area contributed by atoms with E-state index in [-0.39, 0.29) is 5.41 Å². The van der Waals surface area contributed by atoms with Gasteiger partial charge in [-0.2, -0.15) is 5.26 Å². The number of benzene rings is 1. The molecule has 0 unspecified atom stereocenters. The first-order valence-electron chi connectivity index (χ1n) is 5.58. The summed E-state index contributed by atoms with van der Waals surface area (Å²) in [5, 5.41) is 10.5. The molecular formula is C13H13Cl2NO. The minimum Gasteiger partial charge on any atom is -0.381 e. The van der Waals surface area contributed by atoms with E-state index in [9.17, 15) is 5.26 Å². The van der Waals surface area contributed by atoms with Crippen LogP contribution in [0.15, 0.2) is 18.2 Å². The van der Waals surface area contributed by atoms with Crippen LogP contribution in [-0.4, -0.2) is 13.2 Å². The Kier molecular flexibility index (Phi) is 3.93. The van der Waals surface area contributed by atoms with E-state index >= 15 is 0 Å². The van der Waals surface area contributed by atoms with Crippen molar-refractivity contribution in [2.24, 2.45) is 5.41 Å². The lowest BCUT2D eigenvalue weighted by Crippen LogP contribution is -2.30. The zero-order valence-corrected chi connectivity index (χ0v) is 10.9. The fourth-order valence-electron chi connectivity index (χ4n) is 2.13. The molecular weight excluding hydrogens is 257 g/mol. The number of hydrogen-bond acceptors (Lipinski definition) is 2. The summed E-state index contributed by atoms with van der Waals surface area (Å²) in [7, 11) is 0. The van der Waals surface area contributed by atoms with Crippen molar-refractivity contribution >= 4 is 23.2 Å². The lowest BCUT2D eigenvalue weighted by molar-refractivity contribution is 0.0406. The highest BCUT2D eigenvalue weighted by atomic mass is 35.5. The Morgan fingerprint density at radius 3 is 2.53 bits per heavy atom. The van der Waals surface area contributed by atoms with Gasteiger partial charge in [0, 0.05) is 13.2 Å². The first kappa shape index (κ1) is 12.7. The van der Waals surface area contributed by atoms with E-state index in [2.05, 4.69) is 6.07 Å². The highest BCUT2D eigenvalue weighted by Gasteiger charge is 2.32. The van der Waals surface area contributed by atoms with Crippen LogP contribution in [0.25, 0.3) is 0 Å². The maximum Gasteiger partial charge on any atom is 0.0695 e. The number of ether oxygens (including phenoxy) is 1. The van der Waals surface area contributed by atoms with Gasteiger partial charge in [0.05, 0.1) is 21.5 Å². The Labute approximate surface area is 111 Å². The summed E-state index contributed by atoms with van der Waals surface area (Å²) in [4.78, 5) is 0. The second kappa shape index (κ2) is 5.27. The molecule has 90 valence electrons. The van der Waals surface area contributed by atoms with Gasteiger partial charge in [0.15, 0.2) is 0 Å². The standard InChI is InChI=1S/C13H13Cl2NO/c14-11-2-1-10(7-12(11)15)8-13(9-16)3-5-17-6-4-13/h1-2,7H,3-6,8H2. The Balaban J connectivity index is 2.18. The summed E-state index contributed by atoms with van der Waals surface area (Å²) in [6.45, 7) is 1.32. The van der Waals surface area contributed by atoms with Crippen molar-refractivity contribution in [3.05, 3.63) is 33.8 Å². The minimum atomic E-state index is -0.310. The molecule has 2 rings (SSSR count). The van der Waals surface area contributed by atoms with Gasteiger partial charge in [0.25, 0.3) is 0 Å². The molecule has 17 heavy (non-hydrogen) atoms. The molecule has 1 aliphatic rings. The summed E-state index contributed by atoms with van der Waals surface area (Å²) in [5.41, 5.74) is 0.748. The van der Waals surface area contributed by atoms with Crippen LogP contribution in [-0.2, 0) is 11.2 Å². The van der Waals surface area contributed by atoms with Crippen LogP contribution < -0.4 is 0 Å². The molecule has 1 aromatic rings. The van der Waals surface area contributed by atoms with E-state index in [0.717, 1.165) is 18.4 Å². The number of nitriles is 1. The number of hydrogen-bond donors (Lipinski definition) is 0. The topological polar surface area (TPSA) is 33.0 Å². The summed E-state index contributed by atoms with van der Waals surface area (Å²) in [6.07, 6.45) is 2.28. The second-order valence-electron chi connectivity index (χ2n) is 4.43. The zero-order chi connectivity index (χ0) is 12.3. The predicted molar refractivity (Wildman–Crippen MR) is 68.3 cm³/mol. The van der Waals surface area contributed by atoms with E-state index in [4.69, 9.17) is 27.9 Å². The van der Waals surface area contributed by atoms with Gasteiger partial charge in [-0.1, -0.05) is 29.3 Å². The highest BCUT2D eigenvalue weighted by molar-refractivity contribution is 6.42. The van der Waals surface area contributed by atoms with Crippen LogP contribution in [0.4, 0.5) is 0 Å². The highest BCUT2D eigenvalue weighted by Crippen LogP contribution is 2.35. The molecule has 1 fully saturated rings. The largest absolute Gasteiger partial charge is 0.381 e. The fourth-order valence-corrected chi connectivity index (χ4v) is 2.45. The molecule has 4 heteroatoms. The molecule has 0 amide bonds. The molecule has 0 aliphatic carbocycles. The SMILES string of the molecule is N#CC1(Cc2ccc(Cl)c(Cl)c2)CCOCC1. The van der Waals surface area contributed by atoms with Crippen molar-refractivity contribution in [1.82, 2.24) is 0 Å². The maximum absolute atomic E-state index is 9.36. The summed E-state index contributed by atoms with van der Waals surface area (Å²) in [6, 6.07) is 8.00. The monoisotopic (exact) mass is 269 g/mol. The Morgan fingerprint density at radius 2 is 1.94 bits per heavy atom. The first-order chi connectivity index (χ1) is 8.15. The van der Waals surface area contributed by atoms with Crippen molar-refractivity contribution in [3.63, 3.8) is 0 Å². The normalized spacial score (nSPS) is 18.6. The third-order valence-electron chi connectivity index (χ3n) is 3.21. The molecule has 2 nitrogen and oxygen atoms in total. The van der Waals surface area contributed by atoms with Crippen molar-refractivity contribution in [1.29, 1.82) is 5.26 Å². The zero-order valence-electron chi connectivity index (χ0n) is 9.38. The molecule has 0 spiro atoms. The predicted octanol–water partition coefficient (Wildman–Crippen LogP) is 3.86. The molecule has 0 radical (unpaired) electrons. The molecule has 1 heterocycles. The van der Waals surface area contributed by atoms with Gasteiger partial charge in [-0.15, -0.1) is 0 Å². The third kappa shape index (κ3) is 2.93. The molecule has 1 aromatic carbocycles. The third-order valence-corrected chi connectivity index (χ3v) is 3.95. The average molecular weight is 270 g/mol. The van der Waals surface area contributed by atoms with E-state index in [0.29, 0.717) is 29.7 Å². The molecule has 0 aromatic heterocycles. The fraction of sp³-hybridized carbons (Fsp3) is 0.462. The lowest BCUT2D eigenvalue weighted by atomic mass is 9.77. The van der Waals surface area contributed by atoms with Crippen molar-refractivity contribution in [2.75, 3.05) is 13.2 Å². The summed E-state index contributed by atoms with van der Waals surface area (Å²) < 4.78 is 5.31. The van der Waals surface area contributed by atoms with Crippen molar-refractivity contribution in [2.45, 2.75) is 19.3 Å². The van der Waals surface area contributed by atoms with Gasteiger partial charge in [0.1, 0.15) is 0 Å². The van der Waals surface area contributed by atoms with Gasteiger partial charge >= 0.3 is 0 Å². The lowest BCUT2D eigenvalue weighted by Gasteiger charge is -2.30. The van der Waals surface area contributed by atoms with Crippen molar-refractivity contribution in [3.8, 4) is 6.07 Å². The summed E-state index contributed by atoms with van der Waals surface area (Å²) >= 11 is 11.9. The summed E-state index contributed by atoms with van der Waals surface area (Å²) in [5.74, 6) is 0. The molecule has 0 N–H and O–H groups in total.